The highest BCUT2D eigenvalue weighted by Gasteiger charge is 2.45. The second kappa shape index (κ2) is 4.84. The number of hydrogen-bond acceptors (Lipinski definition) is 4. The van der Waals surface area contributed by atoms with Gasteiger partial charge in [0.05, 0.1) is 17.7 Å². The van der Waals surface area contributed by atoms with Crippen LogP contribution in [0.2, 0.25) is 0 Å². The van der Waals surface area contributed by atoms with E-state index in [1.54, 1.807) is 25.1 Å². The molecule has 0 aromatic heterocycles. The Morgan fingerprint density at radius 3 is 2.74 bits per heavy atom. The first-order valence-electron chi connectivity index (χ1n) is 6.55. The van der Waals surface area contributed by atoms with Crippen LogP contribution < -0.4 is 10.1 Å². The van der Waals surface area contributed by atoms with E-state index in [1.165, 1.54) is 0 Å². The Morgan fingerprint density at radius 1 is 1.47 bits per heavy atom. The number of hydrogen-bond donors (Lipinski definition) is 2. The van der Waals surface area contributed by atoms with E-state index in [0.29, 0.717) is 5.56 Å². The fourth-order valence-electron chi connectivity index (χ4n) is 2.40. The number of rotatable bonds is 2. The van der Waals surface area contributed by atoms with Crippen molar-refractivity contribution in [3.8, 4) is 11.8 Å². The predicted molar refractivity (Wildman–Crippen MR) is 72.9 cm³/mol. The molecule has 2 rings (SSSR count). The van der Waals surface area contributed by atoms with Crippen LogP contribution in [0.5, 0.6) is 5.75 Å². The first-order chi connectivity index (χ1) is 8.86. The van der Waals surface area contributed by atoms with Gasteiger partial charge in [0.25, 0.3) is 0 Å². The van der Waals surface area contributed by atoms with Crippen molar-refractivity contribution in [3.05, 3.63) is 29.3 Å². The van der Waals surface area contributed by atoms with E-state index in [-0.39, 0.29) is 18.2 Å². The van der Waals surface area contributed by atoms with Crippen LogP contribution in [0.1, 0.15) is 44.9 Å². The van der Waals surface area contributed by atoms with Crippen LogP contribution in [-0.2, 0) is 0 Å². The zero-order chi connectivity index (χ0) is 14.2. The van der Waals surface area contributed by atoms with Crippen LogP contribution in [0, 0.1) is 11.3 Å². The molecule has 1 aromatic rings. The van der Waals surface area contributed by atoms with Gasteiger partial charge in [-0.2, -0.15) is 5.26 Å². The molecule has 0 saturated heterocycles. The van der Waals surface area contributed by atoms with Crippen molar-refractivity contribution in [2.75, 3.05) is 0 Å². The Bertz CT molecular complexity index is 517. The molecule has 0 fully saturated rings. The third-order valence-electron chi connectivity index (χ3n) is 3.66. The highest BCUT2D eigenvalue weighted by atomic mass is 16.5. The lowest BCUT2D eigenvalue weighted by Crippen LogP contribution is -2.55. The van der Waals surface area contributed by atoms with Gasteiger partial charge in [0, 0.05) is 11.6 Å². The molecule has 4 heteroatoms. The van der Waals surface area contributed by atoms with Crippen molar-refractivity contribution in [2.24, 2.45) is 0 Å². The number of benzene rings is 1. The number of ether oxygens (including phenoxy) is 1. The number of nitrogens with one attached hydrogen (secondary N) is 1. The van der Waals surface area contributed by atoms with Gasteiger partial charge in [-0.25, -0.2) is 0 Å². The highest BCUT2D eigenvalue weighted by Crippen LogP contribution is 2.41. The van der Waals surface area contributed by atoms with Crippen molar-refractivity contribution in [3.63, 3.8) is 0 Å². The topological polar surface area (TPSA) is 65.3 Å². The van der Waals surface area contributed by atoms with Crippen LogP contribution in [0.4, 0.5) is 0 Å². The summed E-state index contributed by atoms with van der Waals surface area (Å²) in [7, 11) is 0. The molecule has 0 aliphatic carbocycles. The summed E-state index contributed by atoms with van der Waals surface area (Å²) in [5, 5.41) is 23.1. The quantitative estimate of drug-likeness (QED) is 0.855. The maximum Gasteiger partial charge on any atom is 0.126 e. The smallest absolute Gasteiger partial charge is 0.126 e. The van der Waals surface area contributed by atoms with Crippen LogP contribution in [0.3, 0.4) is 0 Å². The monoisotopic (exact) mass is 260 g/mol. The van der Waals surface area contributed by atoms with Crippen molar-refractivity contribution < 1.29 is 9.84 Å². The van der Waals surface area contributed by atoms with E-state index in [9.17, 15) is 5.11 Å². The molecule has 0 amide bonds. The maximum absolute atomic E-state index is 10.7. The van der Waals surface area contributed by atoms with Crippen LogP contribution in [0.25, 0.3) is 0 Å². The standard InChI is InChI=1S/C15H20N2O2/c1-9(2)17-14-12-7-11(8-16)5-6-13(12)19-10(3)15(14,4)18/h5-7,9-10,14,17-18H,1-4H3/t10?,14-,15-/m0/s1. The summed E-state index contributed by atoms with van der Waals surface area (Å²) < 4.78 is 5.76. The van der Waals surface area contributed by atoms with Gasteiger partial charge in [0.1, 0.15) is 17.5 Å². The molecule has 19 heavy (non-hydrogen) atoms. The average Bonchev–Trinajstić information content (AvgIpc) is 2.34. The summed E-state index contributed by atoms with van der Waals surface area (Å²) in [5.41, 5.74) is 0.393. The SMILES string of the molecule is CC(C)N[C@H]1c2cc(C#N)ccc2OC(C)[C@]1(C)O. The lowest BCUT2D eigenvalue weighted by molar-refractivity contribution is -0.0830. The summed E-state index contributed by atoms with van der Waals surface area (Å²) >= 11 is 0. The fourth-order valence-corrected chi connectivity index (χ4v) is 2.40. The van der Waals surface area contributed by atoms with Crippen LogP contribution in [-0.4, -0.2) is 22.9 Å². The first-order valence-corrected chi connectivity index (χ1v) is 6.55. The molecule has 4 nitrogen and oxygen atoms in total. The van der Waals surface area contributed by atoms with Gasteiger partial charge in [-0.1, -0.05) is 13.8 Å². The Kier molecular flexibility index (Phi) is 3.53. The second-order valence-electron chi connectivity index (χ2n) is 5.60. The summed E-state index contributed by atoms with van der Waals surface area (Å²) in [5.74, 6) is 0.733. The van der Waals surface area contributed by atoms with Crippen molar-refractivity contribution in [1.82, 2.24) is 5.32 Å². The first kappa shape index (κ1) is 13.9. The van der Waals surface area contributed by atoms with Crippen molar-refractivity contribution in [1.29, 1.82) is 5.26 Å². The predicted octanol–water partition coefficient (Wildman–Crippen LogP) is 2.13. The van der Waals surface area contributed by atoms with E-state index in [0.717, 1.165) is 11.3 Å². The summed E-state index contributed by atoms with van der Waals surface area (Å²) in [6.07, 6.45) is -0.316. The van der Waals surface area contributed by atoms with Gasteiger partial charge in [-0.15, -0.1) is 0 Å². The highest BCUT2D eigenvalue weighted by molar-refractivity contribution is 5.46. The normalized spacial score (nSPS) is 29.5. The van der Waals surface area contributed by atoms with Gasteiger partial charge in [-0.3, -0.25) is 0 Å². The average molecular weight is 260 g/mol. The molecule has 0 saturated carbocycles. The molecular weight excluding hydrogens is 240 g/mol. The molecule has 3 atom stereocenters. The van der Waals surface area contributed by atoms with E-state index < -0.39 is 5.60 Å². The third-order valence-corrected chi connectivity index (χ3v) is 3.66. The van der Waals surface area contributed by atoms with Gasteiger partial charge in [-0.05, 0) is 32.0 Å². The fraction of sp³-hybridized carbons (Fsp3) is 0.533. The summed E-state index contributed by atoms with van der Waals surface area (Å²) in [6.45, 7) is 7.68. The Balaban J connectivity index is 2.52. The zero-order valence-electron chi connectivity index (χ0n) is 11.8. The second-order valence-corrected chi connectivity index (χ2v) is 5.60. The van der Waals surface area contributed by atoms with E-state index in [4.69, 9.17) is 10.00 Å². The summed E-state index contributed by atoms with van der Waals surface area (Å²) in [4.78, 5) is 0. The van der Waals surface area contributed by atoms with E-state index in [1.807, 2.05) is 20.8 Å². The van der Waals surface area contributed by atoms with Gasteiger partial charge in [0.15, 0.2) is 0 Å². The van der Waals surface area contributed by atoms with E-state index in [2.05, 4.69) is 11.4 Å². The Morgan fingerprint density at radius 2 is 2.16 bits per heavy atom. The minimum absolute atomic E-state index is 0.223. The summed E-state index contributed by atoms with van der Waals surface area (Å²) in [6, 6.07) is 7.42. The molecule has 102 valence electrons. The molecule has 1 aliphatic rings. The molecule has 0 spiro atoms. The molecule has 0 radical (unpaired) electrons. The molecule has 1 unspecified atom stereocenters. The van der Waals surface area contributed by atoms with Crippen molar-refractivity contribution in [2.45, 2.75) is 51.5 Å². The molecule has 2 N–H and O–H groups in total. The van der Waals surface area contributed by atoms with Crippen LogP contribution >= 0.6 is 0 Å². The number of aliphatic hydroxyl groups is 1. The molecule has 1 aromatic carbocycles. The largest absolute Gasteiger partial charge is 0.487 e. The van der Waals surface area contributed by atoms with E-state index >= 15 is 0 Å². The Hall–Kier alpha value is -1.57. The molecule has 1 heterocycles. The molecule has 1 aliphatic heterocycles. The lowest BCUT2D eigenvalue weighted by Gasteiger charge is -2.44. The van der Waals surface area contributed by atoms with Gasteiger partial charge in [0.2, 0.25) is 0 Å². The van der Waals surface area contributed by atoms with Gasteiger partial charge >= 0.3 is 0 Å². The zero-order valence-corrected chi connectivity index (χ0v) is 11.8. The minimum Gasteiger partial charge on any atom is -0.487 e. The lowest BCUT2D eigenvalue weighted by atomic mass is 9.82. The van der Waals surface area contributed by atoms with Crippen LogP contribution in [0.15, 0.2) is 18.2 Å². The maximum atomic E-state index is 10.7. The number of nitrogens with zero attached hydrogens (tertiary/aromatic N) is 1. The third kappa shape index (κ3) is 2.44. The van der Waals surface area contributed by atoms with Crippen molar-refractivity contribution >= 4 is 0 Å². The molecular formula is C15H20N2O2. The molecule has 0 bridgehead atoms. The Labute approximate surface area is 114 Å². The minimum atomic E-state index is -1.02. The number of fused-ring (bicyclic) bond motifs is 1. The van der Waals surface area contributed by atoms with Gasteiger partial charge < -0.3 is 15.2 Å². The number of nitriles is 1.